The molecule has 0 saturated carbocycles. The molecule has 1 heterocycles. The first-order chi connectivity index (χ1) is 11.4. The van der Waals surface area contributed by atoms with Gasteiger partial charge in [0.2, 0.25) is 0 Å². The van der Waals surface area contributed by atoms with Gasteiger partial charge in [0.05, 0.1) is 11.3 Å². The van der Waals surface area contributed by atoms with Crippen molar-refractivity contribution in [1.29, 1.82) is 0 Å². The third-order valence-corrected chi connectivity index (χ3v) is 6.05. The molecule has 0 spiro atoms. The molecule has 2 aromatic carbocycles. The van der Waals surface area contributed by atoms with E-state index in [0.29, 0.717) is 30.5 Å². The van der Waals surface area contributed by atoms with Crippen molar-refractivity contribution in [1.82, 2.24) is 0 Å². The highest BCUT2D eigenvalue weighted by Gasteiger charge is 2.37. The molecule has 1 aliphatic heterocycles. The molecule has 7 heteroatoms. The second kappa shape index (κ2) is 6.95. The molecule has 2 aromatic rings. The lowest BCUT2D eigenvalue weighted by molar-refractivity contribution is -0.137. The van der Waals surface area contributed by atoms with E-state index in [1.54, 1.807) is 0 Å². The standard InChI is InChI=1S/C17H13F3INOS/c18-17(19,20)14-7-13(10-23)16-12(6-11-4-2-1-3-5-11)9-22(24-21)15(16)8-14/h1-5,7-8,10,12H,6,9H2/t12-/m0/s1. The van der Waals surface area contributed by atoms with Crippen molar-refractivity contribution in [3.63, 3.8) is 0 Å². The van der Waals surface area contributed by atoms with Crippen molar-refractivity contribution in [2.45, 2.75) is 18.5 Å². The van der Waals surface area contributed by atoms with Crippen LogP contribution in [0.5, 0.6) is 0 Å². The molecule has 1 atom stereocenters. The van der Waals surface area contributed by atoms with Crippen molar-refractivity contribution in [3.05, 3.63) is 64.7 Å². The normalized spacial score (nSPS) is 17.0. The average Bonchev–Trinajstić information content (AvgIpc) is 2.92. The highest BCUT2D eigenvalue weighted by molar-refractivity contribution is 14.2. The molecule has 0 amide bonds. The molecule has 3 rings (SSSR count). The summed E-state index contributed by atoms with van der Waals surface area (Å²) < 4.78 is 41.1. The summed E-state index contributed by atoms with van der Waals surface area (Å²) in [6.07, 6.45) is -3.24. The van der Waals surface area contributed by atoms with Crippen molar-refractivity contribution in [2.24, 2.45) is 0 Å². The summed E-state index contributed by atoms with van der Waals surface area (Å²) in [7, 11) is 1.35. The van der Waals surface area contributed by atoms with Crippen LogP contribution >= 0.6 is 30.3 Å². The number of aldehydes is 1. The molecule has 0 radical (unpaired) electrons. The van der Waals surface area contributed by atoms with Crippen LogP contribution in [-0.4, -0.2) is 12.8 Å². The fraction of sp³-hybridized carbons (Fsp3) is 0.235. The molecule has 0 fully saturated rings. The average molecular weight is 463 g/mol. The Labute approximate surface area is 154 Å². The smallest absolute Gasteiger partial charge is 0.307 e. The van der Waals surface area contributed by atoms with Crippen molar-refractivity contribution >= 4 is 42.3 Å². The molecular weight excluding hydrogens is 450 g/mol. The van der Waals surface area contributed by atoms with E-state index in [0.717, 1.165) is 17.7 Å². The van der Waals surface area contributed by atoms with E-state index >= 15 is 0 Å². The highest BCUT2D eigenvalue weighted by Crippen LogP contribution is 2.47. The summed E-state index contributed by atoms with van der Waals surface area (Å²) in [6, 6.07) is 11.9. The van der Waals surface area contributed by atoms with Gasteiger partial charge in [0.25, 0.3) is 0 Å². The van der Waals surface area contributed by atoms with Crippen LogP contribution in [0.4, 0.5) is 18.9 Å². The van der Waals surface area contributed by atoms with Crippen LogP contribution in [0.3, 0.4) is 0 Å². The second-order valence-electron chi connectivity index (χ2n) is 5.63. The maximum Gasteiger partial charge on any atom is 0.416 e. The molecule has 2 nitrogen and oxygen atoms in total. The minimum atomic E-state index is -4.47. The molecule has 0 unspecified atom stereocenters. The Morgan fingerprint density at radius 1 is 1.25 bits per heavy atom. The second-order valence-corrected chi connectivity index (χ2v) is 7.39. The van der Waals surface area contributed by atoms with Gasteiger partial charge in [0.1, 0.15) is 6.29 Å². The van der Waals surface area contributed by atoms with Crippen LogP contribution in [0.15, 0.2) is 42.5 Å². The first kappa shape index (κ1) is 17.6. The summed E-state index contributed by atoms with van der Waals surface area (Å²) in [5.41, 5.74) is 1.66. The van der Waals surface area contributed by atoms with E-state index in [1.165, 1.54) is 9.12 Å². The lowest BCUT2D eigenvalue weighted by Gasteiger charge is -2.16. The number of benzene rings is 2. The van der Waals surface area contributed by atoms with Gasteiger partial charge in [-0.05, 0) is 29.7 Å². The topological polar surface area (TPSA) is 20.3 Å². The van der Waals surface area contributed by atoms with Gasteiger partial charge in [-0.2, -0.15) is 13.2 Å². The fourth-order valence-corrected chi connectivity index (χ4v) is 4.67. The molecule has 126 valence electrons. The monoisotopic (exact) mass is 463 g/mol. The third kappa shape index (κ3) is 3.42. The quantitative estimate of drug-likeness (QED) is 0.332. The van der Waals surface area contributed by atoms with Gasteiger partial charge in [-0.25, -0.2) is 0 Å². The van der Waals surface area contributed by atoms with E-state index in [1.807, 2.05) is 34.6 Å². The van der Waals surface area contributed by atoms with Crippen LogP contribution in [-0.2, 0) is 12.6 Å². The summed E-state index contributed by atoms with van der Waals surface area (Å²) in [6.45, 7) is 0.583. The van der Waals surface area contributed by atoms with Gasteiger partial charge in [-0.3, -0.25) is 4.79 Å². The van der Waals surface area contributed by atoms with Gasteiger partial charge in [-0.1, -0.05) is 30.3 Å². The zero-order valence-electron chi connectivity index (χ0n) is 12.4. The lowest BCUT2D eigenvalue weighted by Crippen LogP contribution is -2.13. The molecule has 0 N–H and O–H groups in total. The van der Waals surface area contributed by atoms with E-state index < -0.39 is 11.7 Å². The Morgan fingerprint density at radius 2 is 1.96 bits per heavy atom. The van der Waals surface area contributed by atoms with E-state index in [2.05, 4.69) is 21.2 Å². The Balaban J connectivity index is 2.06. The number of halogens is 4. The van der Waals surface area contributed by atoms with Gasteiger partial charge >= 0.3 is 6.18 Å². The van der Waals surface area contributed by atoms with Gasteiger partial charge < -0.3 is 4.31 Å². The number of fused-ring (bicyclic) bond motifs is 1. The molecule has 0 bridgehead atoms. The minimum absolute atomic E-state index is 0.00727. The number of nitrogens with zero attached hydrogens (tertiary/aromatic N) is 1. The number of rotatable bonds is 4. The number of carbonyl (C=O) groups excluding carboxylic acids is 1. The summed E-state index contributed by atoms with van der Waals surface area (Å²) >= 11 is 2.06. The summed E-state index contributed by atoms with van der Waals surface area (Å²) in [5.74, 6) is -0.00727. The van der Waals surface area contributed by atoms with Gasteiger partial charge in [0, 0.05) is 48.4 Å². The van der Waals surface area contributed by atoms with E-state index in [-0.39, 0.29) is 11.5 Å². The number of alkyl halides is 3. The largest absolute Gasteiger partial charge is 0.416 e. The van der Waals surface area contributed by atoms with Crippen LogP contribution in [0, 0.1) is 0 Å². The Morgan fingerprint density at radius 3 is 2.54 bits per heavy atom. The predicted molar refractivity (Wildman–Crippen MR) is 98.7 cm³/mol. The first-order valence-electron chi connectivity index (χ1n) is 7.24. The van der Waals surface area contributed by atoms with Crippen molar-refractivity contribution in [3.8, 4) is 0 Å². The van der Waals surface area contributed by atoms with Crippen LogP contribution < -0.4 is 4.31 Å². The van der Waals surface area contributed by atoms with Gasteiger partial charge in [0.15, 0.2) is 0 Å². The lowest BCUT2D eigenvalue weighted by atomic mass is 9.89. The third-order valence-electron chi connectivity index (χ3n) is 4.12. The molecule has 0 saturated heterocycles. The van der Waals surface area contributed by atoms with Crippen LogP contribution in [0.1, 0.15) is 33.0 Å². The molecule has 0 aliphatic carbocycles. The Kier molecular flexibility index (Phi) is 5.10. The molecular formula is C17H13F3INOS. The zero-order chi connectivity index (χ0) is 17.3. The zero-order valence-corrected chi connectivity index (χ0v) is 15.4. The number of hydrogen-bond donors (Lipinski definition) is 0. The predicted octanol–water partition coefficient (Wildman–Crippen LogP) is 5.66. The van der Waals surface area contributed by atoms with Gasteiger partial charge in [-0.15, -0.1) is 0 Å². The Bertz CT molecular complexity index is 751. The highest BCUT2D eigenvalue weighted by atomic mass is 127. The molecule has 1 aliphatic rings. The number of hydrogen-bond acceptors (Lipinski definition) is 3. The Hall–Kier alpha value is -1.22. The summed E-state index contributed by atoms with van der Waals surface area (Å²) in [4.78, 5) is 11.4. The van der Waals surface area contributed by atoms with E-state index in [9.17, 15) is 18.0 Å². The van der Waals surface area contributed by atoms with Crippen molar-refractivity contribution < 1.29 is 18.0 Å². The maximum absolute atomic E-state index is 13.1. The molecule has 24 heavy (non-hydrogen) atoms. The number of anilines is 1. The SMILES string of the molecule is O=Cc1cc(C(F)(F)F)cc2c1[C@@H](Cc1ccccc1)CN2SI. The molecule has 0 aromatic heterocycles. The van der Waals surface area contributed by atoms with Crippen molar-refractivity contribution in [2.75, 3.05) is 10.8 Å². The van der Waals surface area contributed by atoms with E-state index in [4.69, 9.17) is 0 Å². The fourth-order valence-electron chi connectivity index (χ4n) is 3.09. The maximum atomic E-state index is 13.1. The minimum Gasteiger partial charge on any atom is -0.307 e. The van der Waals surface area contributed by atoms with Crippen LogP contribution in [0.2, 0.25) is 0 Å². The number of carbonyl (C=O) groups is 1. The first-order valence-corrected chi connectivity index (χ1v) is 10.6. The summed E-state index contributed by atoms with van der Waals surface area (Å²) in [5, 5.41) is 0. The van der Waals surface area contributed by atoms with Crippen LogP contribution in [0.25, 0.3) is 0 Å².